The molecule has 3 nitrogen and oxygen atoms in total. The first-order valence-electron chi connectivity index (χ1n) is 8.75. The van der Waals surface area contributed by atoms with Gasteiger partial charge in [-0.05, 0) is 50.5 Å². The van der Waals surface area contributed by atoms with E-state index in [1.165, 1.54) is 38.6 Å². The molecular weight excluding hydrogens is 248 g/mol. The fourth-order valence-electron chi connectivity index (χ4n) is 4.92. The normalized spacial score (nSPS) is 42.9. The number of nitrogens with zero attached hydrogens (tertiary/aromatic N) is 1. The Balaban J connectivity index is 1.77. The summed E-state index contributed by atoms with van der Waals surface area (Å²) in [6.07, 6.45) is 9.80. The molecule has 0 amide bonds. The van der Waals surface area contributed by atoms with Crippen LogP contribution in [0.3, 0.4) is 0 Å². The molecule has 0 spiro atoms. The van der Waals surface area contributed by atoms with Crippen LogP contribution in [-0.2, 0) is 4.74 Å². The Morgan fingerprint density at radius 2 is 2.05 bits per heavy atom. The number of nitrogens with two attached hydrogens (primary N) is 1. The second kappa shape index (κ2) is 5.94. The molecule has 2 heterocycles. The van der Waals surface area contributed by atoms with Gasteiger partial charge in [0.1, 0.15) is 0 Å². The van der Waals surface area contributed by atoms with Crippen molar-refractivity contribution in [3.8, 4) is 0 Å². The minimum Gasteiger partial charge on any atom is -0.378 e. The highest BCUT2D eigenvalue weighted by Crippen LogP contribution is 2.44. The van der Waals surface area contributed by atoms with E-state index < -0.39 is 0 Å². The van der Waals surface area contributed by atoms with Crippen molar-refractivity contribution in [2.75, 3.05) is 19.7 Å². The quantitative estimate of drug-likeness (QED) is 0.864. The van der Waals surface area contributed by atoms with Crippen LogP contribution in [0.4, 0.5) is 0 Å². The van der Waals surface area contributed by atoms with Crippen molar-refractivity contribution >= 4 is 0 Å². The van der Waals surface area contributed by atoms with Gasteiger partial charge in [0.25, 0.3) is 0 Å². The van der Waals surface area contributed by atoms with Crippen molar-refractivity contribution in [1.29, 1.82) is 0 Å². The van der Waals surface area contributed by atoms with Crippen molar-refractivity contribution in [2.45, 2.75) is 76.5 Å². The predicted octanol–water partition coefficient (Wildman–Crippen LogP) is 2.78. The summed E-state index contributed by atoms with van der Waals surface area (Å²) in [5.74, 6) is 1.55. The van der Waals surface area contributed by atoms with E-state index in [1.54, 1.807) is 0 Å². The predicted molar refractivity (Wildman–Crippen MR) is 82.7 cm³/mol. The number of likely N-dealkylation sites (tertiary alicyclic amines) is 1. The Labute approximate surface area is 124 Å². The maximum atomic E-state index is 6.31. The third kappa shape index (κ3) is 2.53. The van der Waals surface area contributed by atoms with Crippen LogP contribution in [-0.4, -0.2) is 42.3 Å². The van der Waals surface area contributed by atoms with Gasteiger partial charge in [-0.15, -0.1) is 0 Å². The summed E-state index contributed by atoms with van der Waals surface area (Å²) >= 11 is 0. The van der Waals surface area contributed by atoms with Gasteiger partial charge in [-0.2, -0.15) is 0 Å². The summed E-state index contributed by atoms with van der Waals surface area (Å²) in [5.41, 5.74) is 6.53. The average molecular weight is 280 g/mol. The Morgan fingerprint density at radius 1 is 1.25 bits per heavy atom. The lowest BCUT2D eigenvalue weighted by atomic mass is 9.79. The molecule has 3 heteroatoms. The lowest BCUT2D eigenvalue weighted by Gasteiger charge is -2.50. The standard InChI is InChI=1S/C17H32N2O/c1-13(2)16-11-17(12-18,8-10-20-16)19-9-7-14-5-3-4-6-15(14)19/h13-16H,3-12,18H2,1-2H3. The Hall–Kier alpha value is -0.120. The summed E-state index contributed by atoms with van der Waals surface area (Å²) in [5, 5.41) is 0. The van der Waals surface area contributed by atoms with Gasteiger partial charge in [-0.25, -0.2) is 0 Å². The molecule has 116 valence electrons. The molecular formula is C17H32N2O. The number of fused-ring (bicyclic) bond motifs is 1. The van der Waals surface area contributed by atoms with Crippen LogP contribution >= 0.6 is 0 Å². The van der Waals surface area contributed by atoms with Crippen molar-refractivity contribution in [2.24, 2.45) is 17.6 Å². The maximum absolute atomic E-state index is 6.31. The molecule has 0 aromatic rings. The zero-order chi connectivity index (χ0) is 14.2. The molecule has 2 N–H and O–H groups in total. The molecule has 0 radical (unpaired) electrons. The lowest BCUT2D eigenvalue weighted by Crippen LogP contribution is -2.61. The Morgan fingerprint density at radius 3 is 2.80 bits per heavy atom. The zero-order valence-electron chi connectivity index (χ0n) is 13.3. The SMILES string of the molecule is CC(C)C1CC(CN)(N2CCC3CCCCC32)CCO1. The van der Waals surface area contributed by atoms with Crippen LogP contribution in [0.1, 0.15) is 58.8 Å². The van der Waals surface area contributed by atoms with E-state index >= 15 is 0 Å². The highest BCUT2D eigenvalue weighted by Gasteiger charge is 2.48. The Kier molecular flexibility index (Phi) is 4.40. The molecule has 3 rings (SSSR count). The molecule has 1 aliphatic carbocycles. The number of ether oxygens (including phenoxy) is 1. The summed E-state index contributed by atoms with van der Waals surface area (Å²) in [4.78, 5) is 2.83. The summed E-state index contributed by atoms with van der Waals surface area (Å²) in [6.45, 7) is 7.55. The van der Waals surface area contributed by atoms with Gasteiger partial charge < -0.3 is 10.5 Å². The Bertz CT molecular complexity index is 333. The van der Waals surface area contributed by atoms with Crippen LogP contribution in [0.5, 0.6) is 0 Å². The van der Waals surface area contributed by atoms with Crippen LogP contribution in [0.2, 0.25) is 0 Å². The molecule has 3 fully saturated rings. The van der Waals surface area contributed by atoms with E-state index in [0.717, 1.165) is 38.0 Å². The zero-order valence-corrected chi connectivity index (χ0v) is 13.3. The molecule has 2 saturated heterocycles. The van der Waals surface area contributed by atoms with Gasteiger partial charge in [0.2, 0.25) is 0 Å². The minimum atomic E-state index is 0.226. The van der Waals surface area contributed by atoms with Crippen molar-refractivity contribution in [3.05, 3.63) is 0 Å². The summed E-state index contributed by atoms with van der Waals surface area (Å²) in [6, 6.07) is 0.818. The highest BCUT2D eigenvalue weighted by atomic mass is 16.5. The van der Waals surface area contributed by atoms with E-state index in [1.807, 2.05) is 0 Å². The first-order chi connectivity index (χ1) is 9.66. The first kappa shape index (κ1) is 14.8. The highest BCUT2D eigenvalue weighted by molar-refractivity contribution is 5.04. The third-order valence-corrected chi connectivity index (χ3v) is 6.22. The van der Waals surface area contributed by atoms with E-state index in [-0.39, 0.29) is 5.54 Å². The van der Waals surface area contributed by atoms with Crippen LogP contribution < -0.4 is 5.73 Å². The van der Waals surface area contributed by atoms with Crippen LogP contribution in [0.25, 0.3) is 0 Å². The van der Waals surface area contributed by atoms with Crippen LogP contribution in [0.15, 0.2) is 0 Å². The van der Waals surface area contributed by atoms with Crippen molar-refractivity contribution in [3.63, 3.8) is 0 Å². The van der Waals surface area contributed by atoms with Gasteiger partial charge in [0, 0.05) is 24.7 Å². The average Bonchev–Trinajstić information content (AvgIpc) is 2.91. The fraction of sp³-hybridized carbons (Fsp3) is 1.00. The largest absolute Gasteiger partial charge is 0.378 e. The van der Waals surface area contributed by atoms with Gasteiger partial charge >= 0.3 is 0 Å². The van der Waals surface area contributed by atoms with E-state index in [4.69, 9.17) is 10.5 Å². The molecule has 0 bridgehead atoms. The van der Waals surface area contributed by atoms with E-state index in [0.29, 0.717) is 12.0 Å². The topological polar surface area (TPSA) is 38.5 Å². The smallest absolute Gasteiger partial charge is 0.0616 e. The summed E-state index contributed by atoms with van der Waals surface area (Å²) < 4.78 is 6.01. The minimum absolute atomic E-state index is 0.226. The molecule has 2 aliphatic heterocycles. The summed E-state index contributed by atoms with van der Waals surface area (Å²) in [7, 11) is 0. The van der Waals surface area contributed by atoms with Gasteiger partial charge in [0.05, 0.1) is 6.10 Å². The monoisotopic (exact) mass is 280 g/mol. The third-order valence-electron chi connectivity index (χ3n) is 6.22. The number of rotatable bonds is 3. The molecule has 20 heavy (non-hydrogen) atoms. The van der Waals surface area contributed by atoms with Gasteiger partial charge in [-0.3, -0.25) is 4.90 Å². The van der Waals surface area contributed by atoms with E-state index in [9.17, 15) is 0 Å². The maximum Gasteiger partial charge on any atom is 0.0616 e. The number of hydrogen-bond acceptors (Lipinski definition) is 3. The lowest BCUT2D eigenvalue weighted by molar-refractivity contribution is -0.0947. The molecule has 1 saturated carbocycles. The molecule has 3 aliphatic rings. The molecule has 0 aromatic heterocycles. The second-order valence-corrected chi connectivity index (χ2v) is 7.63. The van der Waals surface area contributed by atoms with Crippen LogP contribution in [0, 0.1) is 11.8 Å². The fourth-order valence-corrected chi connectivity index (χ4v) is 4.92. The number of hydrogen-bond donors (Lipinski definition) is 1. The van der Waals surface area contributed by atoms with E-state index in [2.05, 4.69) is 18.7 Å². The second-order valence-electron chi connectivity index (χ2n) is 7.63. The molecule has 4 unspecified atom stereocenters. The molecule has 0 aromatic carbocycles. The van der Waals surface area contributed by atoms with Gasteiger partial charge in [-0.1, -0.05) is 26.7 Å². The van der Waals surface area contributed by atoms with Gasteiger partial charge in [0.15, 0.2) is 0 Å². The molecule has 4 atom stereocenters. The van der Waals surface area contributed by atoms with Crippen molar-refractivity contribution in [1.82, 2.24) is 4.90 Å². The first-order valence-corrected chi connectivity index (χ1v) is 8.75. The van der Waals surface area contributed by atoms with Crippen molar-refractivity contribution < 1.29 is 4.74 Å².